The summed E-state index contributed by atoms with van der Waals surface area (Å²) in [6.45, 7) is 5.57. The highest BCUT2D eigenvalue weighted by Gasteiger charge is 2.19. The summed E-state index contributed by atoms with van der Waals surface area (Å²) in [6, 6.07) is 10.3. The number of hydrogen-bond acceptors (Lipinski definition) is 6. The lowest BCUT2D eigenvalue weighted by Crippen LogP contribution is -2.29. The van der Waals surface area contributed by atoms with E-state index in [-0.39, 0.29) is 0 Å². The monoisotopic (exact) mass is 459 g/mol. The molecule has 2 N–H and O–H groups in total. The van der Waals surface area contributed by atoms with Crippen molar-refractivity contribution in [2.75, 3.05) is 40.9 Å². The van der Waals surface area contributed by atoms with E-state index in [2.05, 4.69) is 14.9 Å². The molecule has 1 amide bonds. The van der Waals surface area contributed by atoms with Gasteiger partial charge in [0.2, 0.25) is 15.9 Å². The van der Waals surface area contributed by atoms with Gasteiger partial charge in [-0.25, -0.2) is 13.2 Å². The zero-order chi connectivity index (χ0) is 23.3. The molecular formula is C23H29N3O5S. The van der Waals surface area contributed by atoms with Gasteiger partial charge in [-0.3, -0.25) is 9.52 Å². The molecule has 1 aliphatic heterocycles. The summed E-state index contributed by atoms with van der Waals surface area (Å²) in [7, 11) is -2.63. The van der Waals surface area contributed by atoms with Crippen LogP contribution in [0.5, 0.6) is 0 Å². The van der Waals surface area contributed by atoms with E-state index in [1.807, 2.05) is 12.1 Å². The van der Waals surface area contributed by atoms with Crippen LogP contribution in [0.15, 0.2) is 36.4 Å². The van der Waals surface area contributed by atoms with E-state index in [0.717, 1.165) is 42.7 Å². The molecule has 0 unspecified atom stereocenters. The van der Waals surface area contributed by atoms with Crippen molar-refractivity contribution in [1.29, 1.82) is 0 Å². The molecule has 2 aromatic carbocycles. The average Bonchev–Trinajstić information content (AvgIpc) is 2.76. The van der Waals surface area contributed by atoms with Crippen LogP contribution in [-0.2, 0) is 19.6 Å². The Labute approximate surface area is 189 Å². The topological polar surface area (TPSA) is 105 Å². The first-order valence-corrected chi connectivity index (χ1v) is 12.2. The van der Waals surface area contributed by atoms with Crippen LogP contribution in [0.4, 0.5) is 17.1 Å². The van der Waals surface area contributed by atoms with Gasteiger partial charge >= 0.3 is 5.97 Å². The van der Waals surface area contributed by atoms with Crippen LogP contribution < -0.4 is 14.9 Å². The molecule has 172 valence electrons. The standard InChI is InChI=1S/C23H29N3O5S/c1-16-13-19(14-21(17(16)2)23(28)31-3)24-22(27)15-32(29,30)25-18-7-9-20(10-8-18)26-11-5-4-6-12-26/h7-10,13-14,25H,4-6,11-12,15H2,1-3H3,(H,24,27). The summed E-state index contributed by atoms with van der Waals surface area (Å²) in [6.07, 6.45) is 3.55. The number of aryl methyl sites for hydroxylation is 1. The van der Waals surface area contributed by atoms with E-state index in [1.165, 1.54) is 19.6 Å². The molecule has 0 saturated carbocycles. The third-order valence-electron chi connectivity index (χ3n) is 5.54. The number of esters is 1. The fourth-order valence-electron chi connectivity index (χ4n) is 3.73. The van der Waals surface area contributed by atoms with Crippen molar-refractivity contribution < 1.29 is 22.7 Å². The van der Waals surface area contributed by atoms with E-state index in [9.17, 15) is 18.0 Å². The number of nitrogens with zero attached hydrogens (tertiary/aromatic N) is 1. The van der Waals surface area contributed by atoms with Crippen LogP contribution in [0.3, 0.4) is 0 Å². The lowest BCUT2D eigenvalue weighted by molar-refractivity contribution is -0.113. The Balaban J connectivity index is 1.63. The first-order valence-electron chi connectivity index (χ1n) is 10.5. The minimum Gasteiger partial charge on any atom is -0.465 e. The van der Waals surface area contributed by atoms with Crippen LogP contribution in [0, 0.1) is 13.8 Å². The van der Waals surface area contributed by atoms with Crippen LogP contribution in [0.25, 0.3) is 0 Å². The van der Waals surface area contributed by atoms with Crippen molar-refractivity contribution in [3.8, 4) is 0 Å². The lowest BCUT2D eigenvalue weighted by Gasteiger charge is -2.28. The van der Waals surface area contributed by atoms with Gasteiger partial charge in [-0.05, 0) is 80.6 Å². The van der Waals surface area contributed by atoms with Crippen molar-refractivity contribution in [3.05, 3.63) is 53.1 Å². The minimum absolute atomic E-state index is 0.317. The maximum absolute atomic E-state index is 12.5. The molecule has 3 rings (SSSR count). The Hall–Kier alpha value is -3.07. The van der Waals surface area contributed by atoms with Gasteiger partial charge in [-0.15, -0.1) is 0 Å². The summed E-state index contributed by atoms with van der Waals surface area (Å²) < 4.78 is 32.2. The molecule has 2 aromatic rings. The number of anilines is 3. The second-order valence-electron chi connectivity index (χ2n) is 7.96. The number of rotatable bonds is 7. The molecule has 32 heavy (non-hydrogen) atoms. The smallest absolute Gasteiger partial charge is 0.338 e. The number of amides is 1. The van der Waals surface area contributed by atoms with Gasteiger partial charge in [0.25, 0.3) is 0 Å². The molecule has 1 aliphatic rings. The number of carbonyl (C=O) groups is 2. The van der Waals surface area contributed by atoms with Gasteiger partial charge < -0.3 is 15.0 Å². The van der Waals surface area contributed by atoms with Gasteiger partial charge in [-0.2, -0.15) is 0 Å². The molecule has 0 aromatic heterocycles. The zero-order valence-corrected chi connectivity index (χ0v) is 19.4. The van der Waals surface area contributed by atoms with E-state index >= 15 is 0 Å². The second-order valence-corrected chi connectivity index (χ2v) is 9.68. The third kappa shape index (κ3) is 6.00. The van der Waals surface area contributed by atoms with E-state index < -0.39 is 27.7 Å². The Morgan fingerprint density at radius 3 is 2.28 bits per heavy atom. The van der Waals surface area contributed by atoms with Crippen molar-refractivity contribution in [2.24, 2.45) is 0 Å². The first kappa shape index (κ1) is 23.6. The van der Waals surface area contributed by atoms with Crippen molar-refractivity contribution in [3.63, 3.8) is 0 Å². The number of methoxy groups -OCH3 is 1. The summed E-state index contributed by atoms with van der Waals surface area (Å²) in [5, 5.41) is 2.55. The van der Waals surface area contributed by atoms with E-state index in [0.29, 0.717) is 16.9 Å². The van der Waals surface area contributed by atoms with Gasteiger partial charge in [0.15, 0.2) is 0 Å². The average molecular weight is 460 g/mol. The van der Waals surface area contributed by atoms with Crippen LogP contribution in [-0.4, -0.2) is 46.2 Å². The van der Waals surface area contributed by atoms with E-state index in [4.69, 9.17) is 4.74 Å². The maximum Gasteiger partial charge on any atom is 0.338 e. The van der Waals surface area contributed by atoms with Crippen molar-refractivity contribution in [2.45, 2.75) is 33.1 Å². The Kier molecular flexibility index (Phi) is 7.40. The second kappa shape index (κ2) is 10.0. The van der Waals surface area contributed by atoms with Gasteiger partial charge in [0, 0.05) is 30.2 Å². The summed E-state index contributed by atoms with van der Waals surface area (Å²) in [4.78, 5) is 26.6. The highest BCUT2D eigenvalue weighted by atomic mass is 32.2. The maximum atomic E-state index is 12.5. The third-order valence-corrected chi connectivity index (χ3v) is 6.73. The highest BCUT2D eigenvalue weighted by molar-refractivity contribution is 7.93. The molecule has 0 radical (unpaired) electrons. The molecule has 8 nitrogen and oxygen atoms in total. The Morgan fingerprint density at radius 1 is 1.00 bits per heavy atom. The fraction of sp³-hybridized carbons (Fsp3) is 0.391. The number of benzene rings is 2. The molecule has 1 fully saturated rings. The summed E-state index contributed by atoms with van der Waals surface area (Å²) in [5.41, 5.74) is 3.62. The number of hydrogen-bond donors (Lipinski definition) is 2. The summed E-state index contributed by atoms with van der Waals surface area (Å²) >= 11 is 0. The molecule has 0 bridgehead atoms. The van der Waals surface area contributed by atoms with Crippen LogP contribution in [0.1, 0.15) is 40.7 Å². The fourth-order valence-corrected chi connectivity index (χ4v) is 4.72. The number of ether oxygens (including phenoxy) is 1. The molecule has 1 saturated heterocycles. The molecule has 9 heteroatoms. The number of sulfonamides is 1. The predicted octanol–water partition coefficient (Wildman–Crippen LogP) is 3.46. The normalized spacial score (nSPS) is 14.0. The largest absolute Gasteiger partial charge is 0.465 e. The van der Waals surface area contributed by atoms with Gasteiger partial charge in [-0.1, -0.05) is 0 Å². The Bertz CT molecular complexity index is 1090. The number of carbonyl (C=O) groups excluding carboxylic acids is 2. The van der Waals surface area contributed by atoms with Crippen LogP contribution >= 0.6 is 0 Å². The van der Waals surface area contributed by atoms with Gasteiger partial charge in [0.05, 0.1) is 12.7 Å². The van der Waals surface area contributed by atoms with E-state index in [1.54, 1.807) is 32.0 Å². The quantitative estimate of drug-likeness (QED) is 0.615. The molecule has 1 heterocycles. The zero-order valence-electron chi connectivity index (χ0n) is 18.6. The number of nitrogens with one attached hydrogen (secondary N) is 2. The molecule has 0 spiro atoms. The molecular weight excluding hydrogens is 430 g/mol. The van der Waals surface area contributed by atoms with Crippen molar-refractivity contribution in [1.82, 2.24) is 0 Å². The lowest BCUT2D eigenvalue weighted by atomic mass is 10.0. The predicted molar refractivity (Wildman–Crippen MR) is 126 cm³/mol. The van der Waals surface area contributed by atoms with Crippen molar-refractivity contribution >= 4 is 39.0 Å². The Morgan fingerprint density at radius 2 is 1.66 bits per heavy atom. The van der Waals surface area contributed by atoms with Crippen LogP contribution in [0.2, 0.25) is 0 Å². The first-order chi connectivity index (χ1) is 15.2. The van der Waals surface area contributed by atoms with Gasteiger partial charge in [0.1, 0.15) is 5.75 Å². The summed E-state index contributed by atoms with van der Waals surface area (Å²) in [5.74, 6) is -1.98. The number of piperidine rings is 1. The molecule has 0 atom stereocenters. The SMILES string of the molecule is COC(=O)c1cc(NC(=O)CS(=O)(=O)Nc2ccc(N3CCCCC3)cc2)cc(C)c1C. The minimum atomic E-state index is -3.91. The molecule has 0 aliphatic carbocycles. The highest BCUT2D eigenvalue weighted by Crippen LogP contribution is 2.23.